The van der Waals surface area contributed by atoms with Crippen LogP contribution < -0.4 is 5.46 Å². The summed E-state index contributed by atoms with van der Waals surface area (Å²) in [7, 11) is -1.16. The van der Waals surface area contributed by atoms with Crippen LogP contribution in [-0.4, -0.2) is 33.4 Å². The van der Waals surface area contributed by atoms with Gasteiger partial charge in [0.15, 0.2) is 0 Å². The first-order chi connectivity index (χ1) is 8.04. The van der Waals surface area contributed by atoms with Gasteiger partial charge in [-0.2, -0.15) is 0 Å². The highest BCUT2D eigenvalue weighted by molar-refractivity contribution is 6.60. The smallest absolute Gasteiger partial charge is 0.423 e. The van der Waals surface area contributed by atoms with Crippen LogP contribution in [0.5, 0.6) is 0 Å². The minimum Gasteiger partial charge on any atom is -0.423 e. The summed E-state index contributed by atoms with van der Waals surface area (Å²) < 4.78 is 5.51. The van der Waals surface area contributed by atoms with Gasteiger partial charge in [0.05, 0.1) is 11.2 Å². The van der Waals surface area contributed by atoms with Gasteiger partial charge in [-0.15, -0.1) is 0 Å². The molecule has 0 amide bonds. The van der Waals surface area contributed by atoms with Gasteiger partial charge < -0.3 is 14.8 Å². The van der Waals surface area contributed by atoms with E-state index in [1.807, 2.05) is 0 Å². The fraction of sp³-hybridized carbons (Fsp3) is 0.583. The fourth-order valence-corrected chi connectivity index (χ4v) is 1.31. The number of rotatable bonds is 4. The molecule has 1 heterocycles. The van der Waals surface area contributed by atoms with Crippen molar-refractivity contribution in [3.05, 3.63) is 23.0 Å². The summed E-state index contributed by atoms with van der Waals surface area (Å²) in [6.07, 6.45) is 1.46. The van der Waals surface area contributed by atoms with Crippen LogP contribution in [0.1, 0.15) is 33.3 Å². The Hall–Kier alpha value is -0.615. The van der Waals surface area contributed by atoms with E-state index >= 15 is 0 Å². The molecular weight excluding hydrogens is 252 g/mol. The van der Waals surface area contributed by atoms with Crippen molar-refractivity contribution in [2.24, 2.45) is 0 Å². The van der Waals surface area contributed by atoms with Gasteiger partial charge in [0.2, 0.25) is 0 Å². The van der Waals surface area contributed by atoms with Gasteiger partial charge in [0.1, 0.15) is 5.15 Å². The van der Waals surface area contributed by atoms with Crippen LogP contribution >= 0.6 is 11.6 Å². The van der Waals surface area contributed by atoms with E-state index in [-0.39, 0.29) is 0 Å². The predicted molar refractivity (Wildman–Crippen MR) is 73.1 cm³/mol. The average molecular weight is 272 g/mol. The third-order valence-corrected chi connectivity index (χ3v) is 3.60. The third-order valence-electron chi connectivity index (χ3n) is 3.20. The minimum atomic E-state index is -1.16. The maximum atomic E-state index is 10.0. The Morgan fingerprint density at radius 3 is 2.33 bits per heavy atom. The summed E-state index contributed by atoms with van der Waals surface area (Å²) in [5, 5.41) is 20.4. The van der Waals surface area contributed by atoms with Crippen molar-refractivity contribution in [1.82, 2.24) is 4.98 Å². The predicted octanol–water partition coefficient (Wildman–Crippen LogP) is 1.30. The Labute approximate surface area is 113 Å². The molecule has 0 saturated heterocycles. The highest BCUT2D eigenvalue weighted by atomic mass is 35.5. The molecule has 18 heavy (non-hydrogen) atoms. The van der Waals surface area contributed by atoms with E-state index in [2.05, 4.69) is 4.98 Å². The monoisotopic (exact) mass is 271 g/mol. The van der Waals surface area contributed by atoms with E-state index in [1.54, 1.807) is 40.7 Å². The molecule has 0 aromatic carbocycles. The first-order valence-corrected chi connectivity index (χ1v) is 6.13. The van der Waals surface area contributed by atoms with Gasteiger partial charge in [-0.1, -0.05) is 17.7 Å². The van der Waals surface area contributed by atoms with E-state index in [0.29, 0.717) is 10.6 Å². The molecule has 6 heteroatoms. The Bertz CT molecular complexity index is 432. The van der Waals surface area contributed by atoms with E-state index in [0.717, 1.165) is 5.56 Å². The maximum Gasteiger partial charge on any atom is 0.493 e. The molecule has 0 atom stereocenters. The van der Waals surface area contributed by atoms with Crippen LogP contribution in [0.4, 0.5) is 0 Å². The third kappa shape index (κ3) is 3.45. The van der Waals surface area contributed by atoms with Crippen LogP contribution in [0.3, 0.4) is 0 Å². The van der Waals surface area contributed by atoms with Crippen molar-refractivity contribution in [2.75, 3.05) is 0 Å². The molecular formula is C12H19BClNO3. The topological polar surface area (TPSA) is 62.6 Å². The average Bonchev–Trinajstić information content (AvgIpc) is 2.19. The Morgan fingerprint density at radius 2 is 1.89 bits per heavy atom. The van der Waals surface area contributed by atoms with Crippen molar-refractivity contribution in [1.29, 1.82) is 0 Å². The maximum absolute atomic E-state index is 10.0. The highest BCUT2D eigenvalue weighted by Crippen LogP contribution is 2.25. The lowest BCUT2D eigenvalue weighted by Crippen LogP contribution is -2.53. The number of aliphatic hydroxyl groups is 1. The molecule has 1 rings (SSSR count). The lowest BCUT2D eigenvalue weighted by atomic mass is 9.77. The molecule has 0 saturated carbocycles. The van der Waals surface area contributed by atoms with Gasteiger partial charge in [-0.05, 0) is 40.2 Å². The molecule has 100 valence electrons. The number of aromatic nitrogens is 1. The summed E-state index contributed by atoms with van der Waals surface area (Å²) in [5.74, 6) is 0. The van der Waals surface area contributed by atoms with Crippen LogP contribution in [0.25, 0.3) is 0 Å². The van der Waals surface area contributed by atoms with Crippen molar-refractivity contribution in [2.45, 2.75) is 45.8 Å². The molecule has 0 fully saturated rings. The van der Waals surface area contributed by atoms with Crippen LogP contribution in [0, 0.1) is 6.92 Å². The van der Waals surface area contributed by atoms with E-state index < -0.39 is 18.3 Å². The largest absolute Gasteiger partial charge is 0.493 e. The molecule has 0 spiro atoms. The second-order valence-corrected chi connectivity index (χ2v) is 5.77. The zero-order valence-electron chi connectivity index (χ0n) is 11.4. The summed E-state index contributed by atoms with van der Waals surface area (Å²) in [6, 6.07) is 1.71. The van der Waals surface area contributed by atoms with Gasteiger partial charge in [0, 0.05) is 11.7 Å². The van der Waals surface area contributed by atoms with E-state index in [4.69, 9.17) is 16.3 Å². The number of pyridine rings is 1. The number of hydrogen-bond donors (Lipinski definition) is 2. The molecule has 0 radical (unpaired) electrons. The second-order valence-electron chi connectivity index (χ2n) is 5.42. The van der Waals surface area contributed by atoms with Crippen molar-refractivity contribution >= 4 is 24.2 Å². The number of hydrogen-bond acceptors (Lipinski definition) is 4. The number of aryl methyl sites for hydroxylation is 1. The molecule has 0 bridgehead atoms. The molecule has 2 N–H and O–H groups in total. The Balaban J connectivity index is 2.89. The molecule has 0 unspecified atom stereocenters. The molecule has 1 aromatic heterocycles. The quantitative estimate of drug-likeness (QED) is 0.640. The van der Waals surface area contributed by atoms with Crippen LogP contribution in [0.15, 0.2) is 12.3 Å². The van der Waals surface area contributed by atoms with Crippen molar-refractivity contribution < 1.29 is 14.8 Å². The highest BCUT2D eigenvalue weighted by Gasteiger charge is 2.39. The molecule has 0 aliphatic heterocycles. The van der Waals surface area contributed by atoms with Gasteiger partial charge in [0.25, 0.3) is 0 Å². The lowest BCUT2D eigenvalue weighted by molar-refractivity contribution is -0.0982. The summed E-state index contributed by atoms with van der Waals surface area (Å²) in [5.41, 5.74) is -0.713. The molecule has 4 nitrogen and oxygen atoms in total. The van der Waals surface area contributed by atoms with Crippen LogP contribution in [0.2, 0.25) is 5.15 Å². The van der Waals surface area contributed by atoms with Gasteiger partial charge >= 0.3 is 7.12 Å². The van der Waals surface area contributed by atoms with Gasteiger partial charge in [-0.25, -0.2) is 4.98 Å². The molecule has 1 aromatic rings. The standard InChI is InChI=1S/C12H19BClNO3/c1-8-6-9(7-15-10(8)14)13(17)18-12(4,5)11(2,3)16/h6-7,16-17H,1-5H3. The Kier molecular flexibility index (Phi) is 4.44. The van der Waals surface area contributed by atoms with E-state index in [9.17, 15) is 10.1 Å². The zero-order chi connectivity index (χ0) is 14.1. The second kappa shape index (κ2) is 5.17. The summed E-state index contributed by atoms with van der Waals surface area (Å²) in [4.78, 5) is 3.95. The first kappa shape index (κ1) is 15.4. The van der Waals surface area contributed by atoms with Crippen molar-refractivity contribution in [3.63, 3.8) is 0 Å². The molecule has 0 aliphatic carbocycles. The number of halogens is 1. The van der Waals surface area contributed by atoms with Crippen molar-refractivity contribution in [3.8, 4) is 0 Å². The lowest BCUT2D eigenvalue weighted by Gasteiger charge is -2.38. The Morgan fingerprint density at radius 1 is 1.33 bits per heavy atom. The summed E-state index contributed by atoms with van der Waals surface area (Å²) >= 11 is 5.82. The summed E-state index contributed by atoms with van der Waals surface area (Å²) in [6.45, 7) is 8.49. The molecule has 0 aliphatic rings. The normalized spacial score (nSPS) is 12.7. The number of nitrogens with zero attached hydrogens (tertiary/aromatic N) is 1. The first-order valence-electron chi connectivity index (χ1n) is 5.75. The zero-order valence-corrected chi connectivity index (χ0v) is 12.1. The van der Waals surface area contributed by atoms with Crippen LogP contribution in [-0.2, 0) is 4.65 Å². The minimum absolute atomic E-state index is 0.396. The SMILES string of the molecule is Cc1cc(B(O)OC(C)(C)C(C)(C)O)cnc1Cl. The van der Waals surface area contributed by atoms with E-state index in [1.165, 1.54) is 6.20 Å². The van der Waals surface area contributed by atoms with Gasteiger partial charge in [-0.3, -0.25) is 0 Å². The fourth-order valence-electron chi connectivity index (χ4n) is 1.21.